The van der Waals surface area contributed by atoms with Crippen LogP contribution in [0.25, 0.3) is 0 Å². The third-order valence-electron chi connectivity index (χ3n) is 3.02. The van der Waals surface area contributed by atoms with Crippen molar-refractivity contribution in [1.29, 1.82) is 0 Å². The van der Waals surface area contributed by atoms with Crippen LogP contribution in [0.3, 0.4) is 0 Å². The Kier molecular flexibility index (Phi) is 5.93. The van der Waals surface area contributed by atoms with E-state index in [1.54, 1.807) is 0 Å². The van der Waals surface area contributed by atoms with Crippen molar-refractivity contribution in [3.8, 4) is 0 Å². The molecule has 1 aromatic carbocycles. The fraction of sp³-hybridized carbons (Fsp3) is 0.600. The van der Waals surface area contributed by atoms with Crippen molar-refractivity contribution in [2.75, 3.05) is 0 Å². The lowest BCUT2D eigenvalue weighted by Crippen LogP contribution is -2.38. The number of benzene rings is 1. The average molecular weight is 250 g/mol. The quantitative estimate of drug-likeness (QED) is 0.644. The summed E-state index contributed by atoms with van der Waals surface area (Å²) in [5.41, 5.74) is 1.41. The van der Waals surface area contributed by atoms with Crippen LogP contribution in [-0.4, -0.2) is 14.4 Å². The van der Waals surface area contributed by atoms with Gasteiger partial charge in [-0.25, -0.2) is 0 Å². The summed E-state index contributed by atoms with van der Waals surface area (Å²) in [5.74, 6) is 0. The molecule has 17 heavy (non-hydrogen) atoms. The molecule has 0 aliphatic rings. The lowest BCUT2D eigenvalue weighted by Gasteiger charge is -2.29. The molecule has 1 aromatic rings. The van der Waals surface area contributed by atoms with Gasteiger partial charge >= 0.3 is 0 Å². The highest BCUT2D eigenvalue weighted by Gasteiger charge is 2.26. The molecule has 0 N–H and O–H groups in total. The third kappa shape index (κ3) is 5.51. The second-order valence-electron chi connectivity index (χ2n) is 5.36. The molecule has 0 spiro atoms. The maximum atomic E-state index is 6.37. The SMILES string of the molecule is CCCC(CC)O[Si](C)(C)Cc1ccccc1. The highest BCUT2D eigenvalue weighted by atomic mass is 28.4. The first-order chi connectivity index (χ1) is 8.07. The molecule has 0 bridgehead atoms. The van der Waals surface area contributed by atoms with E-state index in [1.807, 2.05) is 0 Å². The van der Waals surface area contributed by atoms with Gasteiger partial charge < -0.3 is 4.43 Å². The number of hydrogen-bond acceptors (Lipinski definition) is 1. The van der Waals surface area contributed by atoms with Gasteiger partial charge in [-0.2, -0.15) is 0 Å². The average Bonchev–Trinajstić information content (AvgIpc) is 2.29. The van der Waals surface area contributed by atoms with Crippen molar-refractivity contribution in [3.05, 3.63) is 35.9 Å². The van der Waals surface area contributed by atoms with Gasteiger partial charge in [-0.3, -0.25) is 0 Å². The van der Waals surface area contributed by atoms with Crippen molar-refractivity contribution in [2.24, 2.45) is 0 Å². The molecular formula is C15H26OSi. The van der Waals surface area contributed by atoms with Crippen LogP contribution in [-0.2, 0) is 10.5 Å². The molecule has 0 aromatic heterocycles. The molecule has 96 valence electrons. The monoisotopic (exact) mass is 250 g/mol. The van der Waals surface area contributed by atoms with E-state index in [1.165, 1.54) is 18.4 Å². The molecule has 0 aliphatic heterocycles. The van der Waals surface area contributed by atoms with Gasteiger partial charge in [0, 0.05) is 6.10 Å². The maximum absolute atomic E-state index is 6.37. The first-order valence-electron chi connectivity index (χ1n) is 6.79. The lowest BCUT2D eigenvalue weighted by atomic mass is 10.2. The molecule has 0 amide bonds. The van der Waals surface area contributed by atoms with Crippen LogP contribution in [0, 0.1) is 0 Å². The van der Waals surface area contributed by atoms with Crippen LogP contribution in [0.5, 0.6) is 0 Å². The molecule has 0 saturated heterocycles. The Bertz CT molecular complexity index is 308. The molecule has 0 radical (unpaired) electrons. The molecule has 1 atom stereocenters. The van der Waals surface area contributed by atoms with E-state index < -0.39 is 8.32 Å². The Labute approximate surface area is 107 Å². The van der Waals surface area contributed by atoms with Gasteiger partial charge in [-0.05, 0) is 37.5 Å². The van der Waals surface area contributed by atoms with E-state index in [4.69, 9.17) is 4.43 Å². The van der Waals surface area contributed by atoms with Gasteiger partial charge in [0.2, 0.25) is 0 Å². The molecule has 0 heterocycles. The first-order valence-corrected chi connectivity index (χ1v) is 9.90. The molecular weight excluding hydrogens is 224 g/mol. The minimum Gasteiger partial charge on any atom is -0.414 e. The largest absolute Gasteiger partial charge is 0.414 e. The maximum Gasteiger partial charge on any atom is 0.191 e. The van der Waals surface area contributed by atoms with Crippen LogP contribution in [0.2, 0.25) is 13.1 Å². The first kappa shape index (κ1) is 14.5. The van der Waals surface area contributed by atoms with E-state index in [9.17, 15) is 0 Å². The van der Waals surface area contributed by atoms with Crippen molar-refractivity contribution in [1.82, 2.24) is 0 Å². The van der Waals surface area contributed by atoms with Gasteiger partial charge in [0.05, 0.1) is 0 Å². The van der Waals surface area contributed by atoms with Crippen LogP contribution in [0.4, 0.5) is 0 Å². The molecule has 1 unspecified atom stereocenters. The highest BCUT2D eigenvalue weighted by molar-refractivity contribution is 6.70. The molecule has 0 saturated carbocycles. The smallest absolute Gasteiger partial charge is 0.191 e. The normalized spacial score (nSPS) is 13.6. The Balaban J connectivity index is 2.55. The Hall–Kier alpha value is -0.603. The third-order valence-corrected chi connectivity index (χ3v) is 5.26. The summed E-state index contributed by atoms with van der Waals surface area (Å²) in [6.07, 6.45) is 4.01. The van der Waals surface area contributed by atoms with E-state index in [0.29, 0.717) is 6.10 Å². The zero-order valence-corrected chi connectivity index (χ0v) is 12.7. The second kappa shape index (κ2) is 6.97. The van der Waals surface area contributed by atoms with Crippen LogP contribution in [0.1, 0.15) is 38.7 Å². The van der Waals surface area contributed by atoms with Gasteiger partial charge in [0.25, 0.3) is 0 Å². The van der Waals surface area contributed by atoms with E-state index >= 15 is 0 Å². The zero-order chi connectivity index (χ0) is 12.7. The Morgan fingerprint density at radius 2 is 1.76 bits per heavy atom. The van der Waals surface area contributed by atoms with Crippen molar-refractivity contribution in [2.45, 2.75) is 58.4 Å². The van der Waals surface area contributed by atoms with E-state index in [0.717, 1.165) is 12.5 Å². The minimum absolute atomic E-state index is 0.463. The van der Waals surface area contributed by atoms with Crippen LogP contribution in [0.15, 0.2) is 30.3 Å². The van der Waals surface area contributed by atoms with Crippen molar-refractivity contribution < 1.29 is 4.43 Å². The van der Waals surface area contributed by atoms with E-state index in [2.05, 4.69) is 57.3 Å². The molecule has 0 fully saturated rings. The van der Waals surface area contributed by atoms with Crippen LogP contribution < -0.4 is 0 Å². The van der Waals surface area contributed by atoms with Crippen molar-refractivity contribution >= 4 is 8.32 Å². The fourth-order valence-corrected chi connectivity index (χ4v) is 4.74. The summed E-state index contributed by atoms with van der Waals surface area (Å²) in [5, 5.41) is 0. The summed E-state index contributed by atoms with van der Waals surface area (Å²) < 4.78 is 6.37. The molecule has 2 heteroatoms. The Morgan fingerprint density at radius 3 is 2.29 bits per heavy atom. The highest BCUT2D eigenvalue weighted by Crippen LogP contribution is 2.18. The summed E-state index contributed by atoms with van der Waals surface area (Å²) in [7, 11) is -1.57. The van der Waals surface area contributed by atoms with Crippen LogP contribution >= 0.6 is 0 Å². The molecule has 1 rings (SSSR count). The summed E-state index contributed by atoms with van der Waals surface area (Å²) in [6, 6.07) is 11.8. The molecule has 0 aliphatic carbocycles. The minimum atomic E-state index is -1.57. The second-order valence-corrected chi connectivity index (χ2v) is 9.47. The topological polar surface area (TPSA) is 9.23 Å². The number of hydrogen-bond donors (Lipinski definition) is 0. The van der Waals surface area contributed by atoms with Crippen molar-refractivity contribution in [3.63, 3.8) is 0 Å². The zero-order valence-electron chi connectivity index (χ0n) is 11.7. The predicted molar refractivity (Wildman–Crippen MR) is 77.7 cm³/mol. The van der Waals surface area contributed by atoms with Gasteiger partial charge in [-0.15, -0.1) is 0 Å². The molecule has 1 nitrogen and oxygen atoms in total. The summed E-state index contributed by atoms with van der Waals surface area (Å²) >= 11 is 0. The lowest BCUT2D eigenvalue weighted by molar-refractivity contribution is 0.175. The summed E-state index contributed by atoms with van der Waals surface area (Å²) in [6.45, 7) is 9.13. The number of rotatable bonds is 7. The van der Waals surface area contributed by atoms with Gasteiger partial charge in [0.15, 0.2) is 8.32 Å². The standard InChI is InChI=1S/C15H26OSi/c1-5-10-15(6-2)16-17(3,4)13-14-11-8-7-9-12-14/h7-9,11-12,15H,5-6,10,13H2,1-4H3. The van der Waals surface area contributed by atoms with Gasteiger partial charge in [0.1, 0.15) is 0 Å². The predicted octanol–water partition coefficient (Wildman–Crippen LogP) is 4.57. The van der Waals surface area contributed by atoms with E-state index in [-0.39, 0.29) is 0 Å². The summed E-state index contributed by atoms with van der Waals surface area (Å²) in [4.78, 5) is 0. The van der Waals surface area contributed by atoms with Gasteiger partial charge in [-0.1, -0.05) is 50.6 Å². The fourth-order valence-electron chi connectivity index (χ4n) is 2.25. The Morgan fingerprint density at radius 1 is 1.12 bits per heavy atom.